The van der Waals surface area contributed by atoms with Crippen molar-refractivity contribution in [2.45, 2.75) is 26.3 Å². The summed E-state index contributed by atoms with van der Waals surface area (Å²) in [7, 11) is 1.79. The summed E-state index contributed by atoms with van der Waals surface area (Å²) in [5.41, 5.74) is 1.10. The summed E-state index contributed by atoms with van der Waals surface area (Å²) in [5, 5.41) is 8.90. The van der Waals surface area contributed by atoms with Crippen LogP contribution in [0.4, 0.5) is 0 Å². The van der Waals surface area contributed by atoms with Crippen molar-refractivity contribution in [3.63, 3.8) is 0 Å². The maximum atomic E-state index is 4.67. The first-order valence-corrected chi connectivity index (χ1v) is 9.58. The lowest BCUT2D eigenvalue weighted by Gasteiger charge is -2.10. The molecule has 1 aromatic carbocycles. The molecule has 0 atom stereocenters. The highest BCUT2D eigenvalue weighted by molar-refractivity contribution is 14.0. The van der Waals surface area contributed by atoms with Crippen molar-refractivity contribution in [1.29, 1.82) is 0 Å². The Balaban J connectivity index is 0.00000225. The van der Waals surface area contributed by atoms with Crippen LogP contribution in [0.5, 0.6) is 0 Å². The second kappa shape index (κ2) is 10.0. The highest BCUT2D eigenvalue weighted by Gasteiger charge is 2.04. The minimum absolute atomic E-state index is 0. The van der Waals surface area contributed by atoms with Crippen molar-refractivity contribution < 1.29 is 0 Å². The van der Waals surface area contributed by atoms with Crippen molar-refractivity contribution in [3.8, 4) is 0 Å². The second-order valence-corrected chi connectivity index (χ2v) is 7.83. The molecule has 0 fully saturated rings. The summed E-state index contributed by atoms with van der Waals surface area (Å²) in [6.07, 6.45) is 3.90. The molecule has 0 amide bonds. The maximum absolute atomic E-state index is 4.67. The van der Waals surface area contributed by atoms with Gasteiger partial charge in [-0.3, -0.25) is 4.99 Å². The summed E-state index contributed by atoms with van der Waals surface area (Å²) in [6, 6.07) is 8.29. The molecule has 0 saturated carbocycles. The smallest absolute Gasteiger partial charge is 0.191 e. The number of halogens is 1. The van der Waals surface area contributed by atoms with Crippen LogP contribution in [0.1, 0.15) is 21.3 Å². The van der Waals surface area contributed by atoms with E-state index in [2.05, 4.69) is 50.7 Å². The average molecular weight is 487 g/mol. The molecule has 3 rings (SSSR count). The predicted octanol–water partition coefficient (Wildman–Crippen LogP) is 3.98. The van der Waals surface area contributed by atoms with Gasteiger partial charge in [-0.25, -0.2) is 9.97 Å². The number of nitrogens with zero attached hydrogens (tertiary/aromatic N) is 3. The van der Waals surface area contributed by atoms with Crippen LogP contribution in [0.25, 0.3) is 10.2 Å². The molecule has 0 aliphatic carbocycles. The second-order valence-electron chi connectivity index (χ2n) is 5.40. The molecule has 25 heavy (non-hydrogen) atoms. The fourth-order valence-corrected chi connectivity index (χ4v) is 4.07. The lowest BCUT2D eigenvalue weighted by atomic mass is 10.3. The van der Waals surface area contributed by atoms with Gasteiger partial charge in [0.15, 0.2) is 5.96 Å². The van der Waals surface area contributed by atoms with Gasteiger partial charge in [0.25, 0.3) is 0 Å². The van der Waals surface area contributed by atoms with Gasteiger partial charge in [-0.15, -0.1) is 46.7 Å². The van der Waals surface area contributed by atoms with Gasteiger partial charge in [0.05, 0.1) is 21.8 Å². The van der Waals surface area contributed by atoms with Crippen LogP contribution in [-0.2, 0) is 13.0 Å². The lowest BCUT2D eigenvalue weighted by Crippen LogP contribution is -2.37. The number of para-hydroxylation sites is 1. The van der Waals surface area contributed by atoms with E-state index in [-0.39, 0.29) is 24.0 Å². The first kappa shape index (κ1) is 20.1. The molecule has 8 heteroatoms. The molecule has 0 radical (unpaired) electrons. The van der Waals surface area contributed by atoms with E-state index in [0.717, 1.165) is 35.9 Å². The third-order valence-corrected chi connectivity index (χ3v) is 5.51. The number of fused-ring (bicyclic) bond motifs is 1. The minimum atomic E-state index is 0. The van der Waals surface area contributed by atoms with E-state index in [1.54, 1.807) is 29.7 Å². The minimum Gasteiger partial charge on any atom is -0.356 e. The Bertz CT molecular complexity index is 794. The zero-order valence-corrected chi connectivity index (χ0v) is 18.2. The number of thiazole rings is 2. The molecule has 0 unspecified atom stereocenters. The topological polar surface area (TPSA) is 62.2 Å². The van der Waals surface area contributed by atoms with Crippen molar-refractivity contribution in [1.82, 2.24) is 20.6 Å². The maximum Gasteiger partial charge on any atom is 0.191 e. The largest absolute Gasteiger partial charge is 0.356 e. The number of benzene rings is 1. The monoisotopic (exact) mass is 487 g/mol. The first-order valence-electron chi connectivity index (χ1n) is 7.95. The van der Waals surface area contributed by atoms with Crippen molar-refractivity contribution in [2.75, 3.05) is 13.6 Å². The van der Waals surface area contributed by atoms with Crippen LogP contribution in [-0.4, -0.2) is 29.5 Å². The molecule has 0 aliphatic heterocycles. The van der Waals surface area contributed by atoms with Crippen LogP contribution in [0.2, 0.25) is 0 Å². The third kappa shape index (κ3) is 5.89. The van der Waals surface area contributed by atoms with E-state index in [9.17, 15) is 0 Å². The Morgan fingerprint density at radius 1 is 1.16 bits per heavy atom. The van der Waals surface area contributed by atoms with Crippen LogP contribution in [0.15, 0.2) is 35.5 Å². The van der Waals surface area contributed by atoms with E-state index in [4.69, 9.17) is 0 Å². The van der Waals surface area contributed by atoms with Crippen LogP contribution in [0, 0.1) is 6.92 Å². The van der Waals surface area contributed by atoms with Gasteiger partial charge in [-0.2, -0.15) is 0 Å². The summed E-state index contributed by atoms with van der Waals surface area (Å²) < 4.78 is 1.26. The Labute approximate surface area is 173 Å². The molecule has 5 nitrogen and oxygen atoms in total. The highest BCUT2D eigenvalue weighted by Crippen LogP contribution is 2.22. The zero-order valence-electron chi connectivity index (χ0n) is 14.3. The van der Waals surface area contributed by atoms with Gasteiger partial charge < -0.3 is 10.6 Å². The molecule has 0 saturated heterocycles. The third-order valence-electron chi connectivity index (χ3n) is 3.50. The summed E-state index contributed by atoms with van der Waals surface area (Å²) in [4.78, 5) is 14.5. The number of rotatable bonds is 6. The number of guanidine groups is 1. The summed E-state index contributed by atoms with van der Waals surface area (Å²) >= 11 is 3.48. The van der Waals surface area contributed by atoms with Gasteiger partial charge in [-0.1, -0.05) is 12.1 Å². The first-order chi connectivity index (χ1) is 11.7. The number of nitrogens with one attached hydrogen (secondary N) is 2. The predicted molar refractivity (Wildman–Crippen MR) is 118 cm³/mol. The van der Waals surface area contributed by atoms with Crippen molar-refractivity contribution >= 4 is 62.8 Å². The fourth-order valence-electron chi connectivity index (χ4n) is 2.34. The zero-order chi connectivity index (χ0) is 16.8. The molecule has 0 aliphatic rings. The normalized spacial score (nSPS) is 11.4. The van der Waals surface area contributed by atoms with E-state index in [1.807, 2.05) is 12.3 Å². The standard InChI is InChI=1S/C17H21N5S2.HI/c1-12-10-20-16(23-12)11-21-17(18-2)19-9-5-8-15-22-13-6-3-4-7-14(13)24-15;/h3-4,6-7,10H,5,8-9,11H2,1-2H3,(H2,18,19,21);1H. The molecule has 2 heterocycles. The van der Waals surface area contributed by atoms with Crippen molar-refractivity contribution in [3.05, 3.63) is 45.4 Å². The Hall–Kier alpha value is -1.26. The molecule has 2 N–H and O–H groups in total. The molecule has 3 aromatic rings. The van der Waals surface area contributed by atoms with Crippen molar-refractivity contribution in [2.24, 2.45) is 4.99 Å². The van der Waals surface area contributed by atoms with Gasteiger partial charge in [0, 0.05) is 31.1 Å². The summed E-state index contributed by atoms with van der Waals surface area (Å²) in [6.45, 7) is 3.64. The Kier molecular flexibility index (Phi) is 8.04. The fraction of sp³-hybridized carbons (Fsp3) is 0.353. The molecular formula is C17H22IN5S2. The molecule has 2 aromatic heterocycles. The molecule has 134 valence electrons. The van der Waals surface area contributed by atoms with Gasteiger partial charge >= 0.3 is 0 Å². The lowest BCUT2D eigenvalue weighted by molar-refractivity contribution is 0.739. The number of aryl methyl sites for hydroxylation is 2. The van der Waals surface area contributed by atoms with Gasteiger partial charge in [-0.05, 0) is 25.5 Å². The van der Waals surface area contributed by atoms with Gasteiger partial charge in [0.2, 0.25) is 0 Å². The SMILES string of the molecule is CN=C(NCCCc1nc2ccccc2s1)NCc1ncc(C)s1.I. The van der Waals surface area contributed by atoms with Crippen LogP contribution >= 0.6 is 46.7 Å². The van der Waals surface area contributed by atoms with E-state index >= 15 is 0 Å². The Morgan fingerprint density at radius 2 is 2.00 bits per heavy atom. The van der Waals surface area contributed by atoms with E-state index in [0.29, 0.717) is 6.54 Å². The number of aromatic nitrogens is 2. The molecule has 0 bridgehead atoms. The average Bonchev–Trinajstić information content (AvgIpc) is 3.19. The number of hydrogen-bond donors (Lipinski definition) is 2. The van der Waals surface area contributed by atoms with Crippen LogP contribution < -0.4 is 10.6 Å². The summed E-state index contributed by atoms with van der Waals surface area (Å²) in [5.74, 6) is 0.812. The number of hydrogen-bond acceptors (Lipinski definition) is 5. The number of aliphatic imine (C=N–C) groups is 1. The van der Waals surface area contributed by atoms with E-state index in [1.165, 1.54) is 14.6 Å². The highest BCUT2D eigenvalue weighted by atomic mass is 127. The van der Waals surface area contributed by atoms with E-state index < -0.39 is 0 Å². The van der Waals surface area contributed by atoms with Gasteiger partial charge in [0.1, 0.15) is 5.01 Å². The molecule has 0 spiro atoms. The van der Waals surface area contributed by atoms with Crippen LogP contribution in [0.3, 0.4) is 0 Å². The molecular weight excluding hydrogens is 465 g/mol. The Morgan fingerprint density at radius 3 is 2.72 bits per heavy atom. The quantitative estimate of drug-likeness (QED) is 0.239.